The minimum Gasteiger partial charge on any atom is -0.398 e. The number of sulfonamides is 1. The molecule has 1 aromatic carbocycles. The first-order valence-corrected chi connectivity index (χ1v) is 7.07. The maximum atomic E-state index is 12.9. The molecule has 5 nitrogen and oxygen atoms in total. The zero-order chi connectivity index (χ0) is 13.3. The van der Waals surface area contributed by atoms with E-state index >= 15 is 0 Å². The molecule has 2 atom stereocenters. The number of nitrogen functional groups attached to an aromatic ring is 1. The fourth-order valence-electron chi connectivity index (χ4n) is 1.91. The molecule has 0 bridgehead atoms. The van der Waals surface area contributed by atoms with E-state index in [0.29, 0.717) is 13.0 Å². The summed E-state index contributed by atoms with van der Waals surface area (Å²) in [5.74, 6) is -0.566. The summed E-state index contributed by atoms with van der Waals surface area (Å²) in [6, 6.07) is 2.94. The van der Waals surface area contributed by atoms with Crippen LogP contribution < -0.4 is 10.5 Å². The molecule has 0 aliphatic carbocycles. The van der Waals surface area contributed by atoms with Gasteiger partial charge in [0.2, 0.25) is 10.0 Å². The Bertz CT molecular complexity index is 547. The number of halogens is 1. The van der Waals surface area contributed by atoms with Crippen molar-refractivity contribution in [2.75, 3.05) is 12.3 Å². The lowest BCUT2D eigenvalue weighted by atomic mass is 10.2. The maximum absolute atomic E-state index is 12.9. The van der Waals surface area contributed by atoms with Crippen LogP contribution in [0.15, 0.2) is 23.1 Å². The molecule has 0 aromatic heterocycles. The smallest absolute Gasteiger partial charge is 0.242 e. The summed E-state index contributed by atoms with van der Waals surface area (Å²) >= 11 is 0. The van der Waals surface area contributed by atoms with Crippen LogP contribution in [0.25, 0.3) is 0 Å². The summed E-state index contributed by atoms with van der Waals surface area (Å²) in [6.07, 6.45) is 0.433. The molecule has 7 heteroatoms. The number of anilines is 1. The second-order valence-electron chi connectivity index (χ2n) is 4.27. The molecule has 18 heavy (non-hydrogen) atoms. The monoisotopic (exact) mass is 274 g/mol. The van der Waals surface area contributed by atoms with Crippen LogP contribution in [0, 0.1) is 5.82 Å². The van der Waals surface area contributed by atoms with Gasteiger partial charge in [-0.25, -0.2) is 17.5 Å². The summed E-state index contributed by atoms with van der Waals surface area (Å²) in [7, 11) is -3.75. The van der Waals surface area contributed by atoms with Crippen molar-refractivity contribution in [3.05, 3.63) is 24.0 Å². The van der Waals surface area contributed by atoms with E-state index in [-0.39, 0.29) is 22.7 Å². The molecular formula is C11H15FN2O3S. The van der Waals surface area contributed by atoms with Gasteiger partial charge in [0, 0.05) is 6.61 Å². The third-order valence-corrected chi connectivity index (χ3v) is 4.51. The van der Waals surface area contributed by atoms with Crippen LogP contribution in [0.2, 0.25) is 0 Å². The second kappa shape index (κ2) is 4.83. The van der Waals surface area contributed by atoms with Gasteiger partial charge in [0.15, 0.2) is 0 Å². The average molecular weight is 274 g/mol. The molecule has 0 spiro atoms. The van der Waals surface area contributed by atoms with Gasteiger partial charge in [-0.15, -0.1) is 0 Å². The van der Waals surface area contributed by atoms with Crippen LogP contribution in [0.5, 0.6) is 0 Å². The van der Waals surface area contributed by atoms with E-state index in [1.165, 1.54) is 0 Å². The summed E-state index contributed by atoms with van der Waals surface area (Å²) in [5, 5.41) is 0. The van der Waals surface area contributed by atoms with E-state index in [1.807, 2.05) is 0 Å². The number of nitrogens with one attached hydrogen (secondary N) is 1. The molecule has 1 heterocycles. The van der Waals surface area contributed by atoms with Gasteiger partial charge in [0.05, 0.1) is 17.8 Å². The third kappa shape index (κ3) is 2.63. The summed E-state index contributed by atoms with van der Waals surface area (Å²) < 4.78 is 44.9. The van der Waals surface area contributed by atoms with E-state index in [0.717, 1.165) is 18.2 Å². The molecule has 1 aliphatic rings. The Labute approximate surface area is 105 Å². The molecule has 0 amide bonds. The van der Waals surface area contributed by atoms with Crippen molar-refractivity contribution in [1.29, 1.82) is 0 Å². The van der Waals surface area contributed by atoms with Crippen molar-refractivity contribution in [2.24, 2.45) is 0 Å². The van der Waals surface area contributed by atoms with Crippen LogP contribution in [0.1, 0.15) is 13.3 Å². The molecular weight excluding hydrogens is 259 g/mol. The molecule has 3 N–H and O–H groups in total. The van der Waals surface area contributed by atoms with Crippen LogP contribution in [0.4, 0.5) is 10.1 Å². The lowest BCUT2D eigenvalue weighted by molar-refractivity contribution is 0.117. The Morgan fingerprint density at radius 3 is 2.78 bits per heavy atom. The highest BCUT2D eigenvalue weighted by Crippen LogP contribution is 2.21. The van der Waals surface area contributed by atoms with Gasteiger partial charge in [-0.05, 0) is 31.5 Å². The molecule has 1 fully saturated rings. The van der Waals surface area contributed by atoms with Gasteiger partial charge >= 0.3 is 0 Å². The zero-order valence-electron chi connectivity index (χ0n) is 9.89. The first-order chi connectivity index (χ1) is 8.40. The van der Waals surface area contributed by atoms with Gasteiger partial charge in [0.25, 0.3) is 0 Å². The number of hydrogen-bond acceptors (Lipinski definition) is 4. The molecule has 1 aliphatic heterocycles. The Morgan fingerprint density at radius 2 is 2.22 bits per heavy atom. The zero-order valence-corrected chi connectivity index (χ0v) is 10.7. The van der Waals surface area contributed by atoms with Crippen LogP contribution in [-0.2, 0) is 14.8 Å². The standard InChI is InChI=1S/C11H15FN2O3S/c1-7-10(4-5-17-7)14-18(15,16)11-3-2-8(12)6-9(11)13/h2-3,6-7,10,14H,4-5,13H2,1H3. The molecule has 100 valence electrons. The second-order valence-corrected chi connectivity index (χ2v) is 5.96. The number of rotatable bonds is 3. The maximum Gasteiger partial charge on any atom is 0.242 e. The SMILES string of the molecule is CC1OCCC1NS(=O)(=O)c1ccc(F)cc1N. The van der Waals surface area contributed by atoms with Gasteiger partial charge in [-0.1, -0.05) is 0 Å². The molecule has 0 saturated carbocycles. The largest absolute Gasteiger partial charge is 0.398 e. The minimum absolute atomic E-state index is 0.103. The van der Waals surface area contributed by atoms with Crippen molar-refractivity contribution in [3.8, 4) is 0 Å². The Balaban J connectivity index is 2.25. The highest BCUT2D eigenvalue weighted by molar-refractivity contribution is 7.89. The van der Waals surface area contributed by atoms with Crippen LogP contribution in [-0.4, -0.2) is 27.2 Å². The molecule has 1 aromatic rings. The third-order valence-electron chi connectivity index (χ3n) is 2.94. The summed E-state index contributed by atoms with van der Waals surface area (Å²) in [4.78, 5) is -0.108. The highest BCUT2D eigenvalue weighted by Gasteiger charge is 2.30. The van der Waals surface area contributed by atoms with E-state index in [4.69, 9.17) is 10.5 Å². The first-order valence-electron chi connectivity index (χ1n) is 5.59. The quantitative estimate of drug-likeness (QED) is 0.801. The molecule has 1 saturated heterocycles. The first kappa shape index (κ1) is 13.3. The number of nitrogens with two attached hydrogens (primary N) is 1. The lowest BCUT2D eigenvalue weighted by Crippen LogP contribution is -2.39. The number of hydrogen-bond donors (Lipinski definition) is 2. The normalized spacial score (nSPS) is 24.3. The van der Waals surface area contributed by atoms with Crippen molar-refractivity contribution in [2.45, 2.75) is 30.4 Å². The van der Waals surface area contributed by atoms with E-state index < -0.39 is 15.8 Å². The van der Waals surface area contributed by atoms with Gasteiger partial charge in [-0.2, -0.15) is 0 Å². The predicted molar refractivity (Wildman–Crippen MR) is 65.0 cm³/mol. The van der Waals surface area contributed by atoms with Crippen molar-refractivity contribution < 1.29 is 17.5 Å². The van der Waals surface area contributed by atoms with Crippen LogP contribution in [0.3, 0.4) is 0 Å². The summed E-state index contributed by atoms with van der Waals surface area (Å²) in [6.45, 7) is 2.32. The van der Waals surface area contributed by atoms with Gasteiger partial charge in [0.1, 0.15) is 10.7 Å². The van der Waals surface area contributed by atoms with Crippen molar-refractivity contribution in [3.63, 3.8) is 0 Å². The minimum atomic E-state index is -3.75. The number of benzene rings is 1. The molecule has 0 radical (unpaired) electrons. The molecule has 2 unspecified atom stereocenters. The Kier molecular flexibility index (Phi) is 3.56. The Morgan fingerprint density at radius 1 is 1.50 bits per heavy atom. The van der Waals surface area contributed by atoms with E-state index in [9.17, 15) is 12.8 Å². The van der Waals surface area contributed by atoms with Gasteiger partial charge < -0.3 is 10.5 Å². The van der Waals surface area contributed by atoms with Crippen LogP contribution >= 0.6 is 0 Å². The molecule has 2 rings (SSSR count). The van der Waals surface area contributed by atoms with E-state index in [1.54, 1.807) is 6.92 Å². The van der Waals surface area contributed by atoms with Gasteiger partial charge in [-0.3, -0.25) is 0 Å². The Hall–Kier alpha value is -1.18. The highest BCUT2D eigenvalue weighted by atomic mass is 32.2. The van der Waals surface area contributed by atoms with Crippen molar-refractivity contribution >= 4 is 15.7 Å². The summed E-state index contributed by atoms with van der Waals surface area (Å²) in [5.41, 5.74) is 5.42. The van der Waals surface area contributed by atoms with Crippen molar-refractivity contribution in [1.82, 2.24) is 4.72 Å². The fourth-order valence-corrected chi connectivity index (χ4v) is 3.36. The fraction of sp³-hybridized carbons (Fsp3) is 0.455. The number of ether oxygens (including phenoxy) is 1. The average Bonchev–Trinajstić information content (AvgIpc) is 2.63. The topological polar surface area (TPSA) is 81.4 Å². The predicted octanol–water partition coefficient (Wildman–Crippen LogP) is 0.864. The van der Waals surface area contributed by atoms with E-state index in [2.05, 4.69) is 4.72 Å². The lowest BCUT2D eigenvalue weighted by Gasteiger charge is -2.17.